The lowest BCUT2D eigenvalue weighted by Crippen LogP contribution is -2.08. The zero-order valence-electron chi connectivity index (χ0n) is 12.6. The summed E-state index contributed by atoms with van der Waals surface area (Å²) in [5.74, 6) is 0. The van der Waals surface area contributed by atoms with Gasteiger partial charge in [0, 0.05) is 49.3 Å². The first-order valence-corrected chi connectivity index (χ1v) is 7.24. The molecule has 0 bridgehead atoms. The van der Waals surface area contributed by atoms with Crippen LogP contribution in [0.3, 0.4) is 0 Å². The van der Waals surface area contributed by atoms with Crippen LogP contribution in [0.5, 0.6) is 0 Å². The highest BCUT2D eigenvalue weighted by Gasteiger charge is 2.30. The first kappa shape index (κ1) is 15.4. The topological polar surface area (TPSA) is 29.9 Å². The zero-order chi connectivity index (χ0) is 16.4. The molecule has 3 aromatic rings. The smallest absolute Gasteiger partial charge is 0.385 e. The van der Waals surface area contributed by atoms with E-state index in [0.29, 0.717) is 18.7 Å². The molecule has 23 heavy (non-hydrogen) atoms. The molecule has 0 amide bonds. The van der Waals surface area contributed by atoms with Crippen LogP contribution in [0.1, 0.15) is 11.3 Å². The molecule has 0 radical (unpaired) electrons. The van der Waals surface area contributed by atoms with Gasteiger partial charge in [0.2, 0.25) is 0 Å². The van der Waals surface area contributed by atoms with Crippen LogP contribution in [0.4, 0.5) is 18.9 Å². The number of benzene rings is 1. The van der Waals surface area contributed by atoms with E-state index in [1.807, 2.05) is 36.0 Å². The fourth-order valence-corrected chi connectivity index (χ4v) is 2.45. The molecule has 0 unspecified atom stereocenters. The van der Waals surface area contributed by atoms with Gasteiger partial charge in [-0.25, -0.2) is 0 Å². The maximum absolute atomic E-state index is 12.5. The number of halogens is 3. The van der Waals surface area contributed by atoms with E-state index < -0.39 is 11.7 Å². The fraction of sp³-hybridized carbons (Fsp3) is 0.235. The average molecular weight is 319 g/mol. The van der Waals surface area contributed by atoms with Gasteiger partial charge in [-0.05, 0) is 35.7 Å². The minimum absolute atomic E-state index is 0.559. The van der Waals surface area contributed by atoms with E-state index in [2.05, 4.69) is 16.4 Å². The van der Waals surface area contributed by atoms with E-state index in [4.69, 9.17) is 0 Å². The molecule has 1 N–H and O–H groups in total. The van der Waals surface area contributed by atoms with Gasteiger partial charge in [0.05, 0.1) is 5.56 Å². The molecule has 120 valence electrons. The number of nitrogens with zero attached hydrogens (tertiary/aromatic N) is 2. The highest BCUT2D eigenvalue weighted by Crippen LogP contribution is 2.28. The summed E-state index contributed by atoms with van der Waals surface area (Å²) in [4.78, 5) is 3.87. The summed E-state index contributed by atoms with van der Waals surface area (Å²) >= 11 is 0. The highest BCUT2D eigenvalue weighted by molar-refractivity contribution is 5.83. The van der Waals surface area contributed by atoms with Crippen molar-refractivity contribution < 1.29 is 13.2 Å². The van der Waals surface area contributed by atoms with Crippen LogP contribution in [0.15, 0.2) is 48.8 Å². The molecule has 3 nitrogen and oxygen atoms in total. The Kier molecular flexibility index (Phi) is 3.98. The SMILES string of the molecule is Cn1ccc2ccc(NCCc3ccc(C(F)(F)F)cn3)cc21. The van der Waals surface area contributed by atoms with Crippen LogP contribution in [-0.4, -0.2) is 16.1 Å². The predicted octanol–water partition coefficient (Wildman–Crippen LogP) is 4.25. The van der Waals surface area contributed by atoms with Gasteiger partial charge >= 0.3 is 6.18 Å². The van der Waals surface area contributed by atoms with E-state index in [1.54, 1.807) is 0 Å². The Morgan fingerprint density at radius 1 is 1.13 bits per heavy atom. The summed E-state index contributed by atoms with van der Waals surface area (Å²) in [5.41, 5.74) is 2.02. The van der Waals surface area contributed by atoms with Crippen LogP contribution in [-0.2, 0) is 19.6 Å². The largest absolute Gasteiger partial charge is 0.417 e. The minimum atomic E-state index is -4.34. The average Bonchev–Trinajstić information content (AvgIpc) is 2.88. The number of alkyl halides is 3. The van der Waals surface area contributed by atoms with Crippen LogP contribution in [0, 0.1) is 0 Å². The van der Waals surface area contributed by atoms with Gasteiger partial charge in [-0.1, -0.05) is 6.07 Å². The van der Waals surface area contributed by atoms with Crippen LogP contribution in [0.2, 0.25) is 0 Å². The Hall–Kier alpha value is -2.50. The third kappa shape index (κ3) is 3.47. The molecule has 2 heterocycles. The molecule has 3 rings (SSSR count). The second-order valence-electron chi connectivity index (χ2n) is 5.41. The minimum Gasteiger partial charge on any atom is -0.385 e. The fourth-order valence-electron chi connectivity index (χ4n) is 2.45. The summed E-state index contributed by atoms with van der Waals surface area (Å²) in [6.07, 6.45) is -0.899. The summed E-state index contributed by atoms with van der Waals surface area (Å²) in [7, 11) is 1.98. The van der Waals surface area contributed by atoms with Crippen LogP contribution < -0.4 is 5.32 Å². The highest BCUT2D eigenvalue weighted by atomic mass is 19.4. The molecule has 0 saturated heterocycles. The summed E-state index contributed by atoms with van der Waals surface area (Å²) in [6.45, 7) is 0.605. The van der Waals surface area contributed by atoms with Crippen molar-refractivity contribution in [2.24, 2.45) is 7.05 Å². The number of fused-ring (bicyclic) bond motifs is 1. The van der Waals surface area contributed by atoms with E-state index in [-0.39, 0.29) is 0 Å². The van der Waals surface area contributed by atoms with Gasteiger partial charge in [-0.15, -0.1) is 0 Å². The van der Waals surface area contributed by atoms with Crippen molar-refractivity contribution >= 4 is 16.6 Å². The standard InChI is InChI=1S/C17H16F3N3/c1-23-9-7-12-2-4-15(10-16(12)23)21-8-6-14-5-3-13(11-22-14)17(18,19)20/h2-5,7,9-11,21H,6,8H2,1H3. The normalized spacial score (nSPS) is 11.8. The molecule has 0 aliphatic carbocycles. The van der Waals surface area contributed by atoms with Gasteiger partial charge in [0.1, 0.15) is 0 Å². The molecule has 0 aliphatic heterocycles. The van der Waals surface area contributed by atoms with E-state index >= 15 is 0 Å². The van der Waals surface area contributed by atoms with Crippen molar-refractivity contribution in [2.75, 3.05) is 11.9 Å². The quantitative estimate of drug-likeness (QED) is 0.779. The molecular formula is C17H16F3N3. The lowest BCUT2D eigenvalue weighted by Gasteiger charge is -2.09. The first-order valence-electron chi connectivity index (χ1n) is 7.24. The van der Waals surface area contributed by atoms with Gasteiger partial charge in [0.25, 0.3) is 0 Å². The molecule has 0 fully saturated rings. The Labute approximate surface area is 131 Å². The van der Waals surface area contributed by atoms with Crippen LogP contribution in [0.25, 0.3) is 10.9 Å². The van der Waals surface area contributed by atoms with Crippen molar-refractivity contribution in [1.82, 2.24) is 9.55 Å². The van der Waals surface area contributed by atoms with Crippen molar-refractivity contribution in [3.8, 4) is 0 Å². The van der Waals surface area contributed by atoms with E-state index in [0.717, 1.165) is 23.5 Å². The number of aromatic nitrogens is 2. The summed E-state index contributed by atoms with van der Waals surface area (Å²) in [5, 5.41) is 4.44. The predicted molar refractivity (Wildman–Crippen MR) is 84.4 cm³/mol. The Morgan fingerprint density at radius 3 is 2.65 bits per heavy atom. The second kappa shape index (κ2) is 5.95. The van der Waals surface area contributed by atoms with Gasteiger partial charge in [0.15, 0.2) is 0 Å². The molecule has 0 spiro atoms. The number of nitrogens with one attached hydrogen (secondary N) is 1. The van der Waals surface area contributed by atoms with Crippen LogP contribution >= 0.6 is 0 Å². The zero-order valence-corrected chi connectivity index (χ0v) is 12.6. The number of rotatable bonds is 4. The lowest BCUT2D eigenvalue weighted by molar-refractivity contribution is -0.137. The molecule has 2 aromatic heterocycles. The third-order valence-corrected chi connectivity index (χ3v) is 3.75. The van der Waals surface area contributed by atoms with Crippen molar-refractivity contribution in [2.45, 2.75) is 12.6 Å². The second-order valence-corrected chi connectivity index (χ2v) is 5.41. The maximum Gasteiger partial charge on any atom is 0.417 e. The lowest BCUT2D eigenvalue weighted by atomic mass is 10.2. The number of anilines is 1. The molecule has 0 aliphatic rings. The molecule has 0 saturated carbocycles. The molecule has 1 aromatic carbocycles. The van der Waals surface area contributed by atoms with E-state index in [9.17, 15) is 13.2 Å². The van der Waals surface area contributed by atoms with Gasteiger partial charge in [-0.3, -0.25) is 4.98 Å². The molecular weight excluding hydrogens is 303 g/mol. The van der Waals surface area contributed by atoms with Crippen molar-refractivity contribution in [3.63, 3.8) is 0 Å². The number of aryl methyl sites for hydroxylation is 1. The number of hydrogen-bond donors (Lipinski definition) is 1. The third-order valence-electron chi connectivity index (χ3n) is 3.75. The van der Waals surface area contributed by atoms with E-state index in [1.165, 1.54) is 11.5 Å². The number of pyridine rings is 1. The summed E-state index contributed by atoms with van der Waals surface area (Å²) in [6, 6.07) is 10.6. The van der Waals surface area contributed by atoms with Crippen molar-refractivity contribution in [1.29, 1.82) is 0 Å². The Bertz CT molecular complexity index is 804. The van der Waals surface area contributed by atoms with Crippen molar-refractivity contribution in [3.05, 3.63) is 60.0 Å². The van der Waals surface area contributed by atoms with Gasteiger partial charge in [-0.2, -0.15) is 13.2 Å². The molecule has 0 atom stereocenters. The summed E-state index contributed by atoms with van der Waals surface area (Å²) < 4.78 is 39.5. The molecule has 6 heteroatoms. The monoisotopic (exact) mass is 319 g/mol. The Balaban J connectivity index is 1.61. The van der Waals surface area contributed by atoms with Gasteiger partial charge < -0.3 is 9.88 Å². The number of hydrogen-bond acceptors (Lipinski definition) is 2. The Morgan fingerprint density at radius 2 is 1.96 bits per heavy atom. The first-order chi connectivity index (χ1) is 10.9. The maximum atomic E-state index is 12.5.